The van der Waals surface area contributed by atoms with Gasteiger partial charge in [-0.1, -0.05) is 6.92 Å². The van der Waals surface area contributed by atoms with Crippen molar-refractivity contribution in [1.82, 2.24) is 0 Å². The predicted molar refractivity (Wildman–Crippen MR) is 67.9 cm³/mol. The third kappa shape index (κ3) is 3.71. The highest BCUT2D eigenvalue weighted by molar-refractivity contribution is 7.89. The van der Waals surface area contributed by atoms with Gasteiger partial charge in [0.1, 0.15) is 5.75 Å². The maximum Gasteiger partial charge on any atom is 0.238 e. The highest BCUT2D eigenvalue weighted by Gasteiger charge is 2.13. The van der Waals surface area contributed by atoms with E-state index in [1.165, 1.54) is 18.2 Å². The van der Waals surface area contributed by atoms with E-state index in [4.69, 9.17) is 9.88 Å². The molecule has 0 saturated heterocycles. The van der Waals surface area contributed by atoms with E-state index in [0.717, 1.165) is 0 Å². The number of anilines is 1. The lowest BCUT2D eigenvalue weighted by molar-refractivity contribution is -0.115. The molecule has 1 rings (SSSR count). The van der Waals surface area contributed by atoms with Crippen LogP contribution in [0, 0.1) is 0 Å². The Bertz CT molecular complexity index is 540. The molecular formula is C11H16N2O4S. The molecule has 0 aliphatic heterocycles. The monoisotopic (exact) mass is 272 g/mol. The van der Waals surface area contributed by atoms with Crippen LogP contribution < -0.4 is 15.2 Å². The topological polar surface area (TPSA) is 98.5 Å². The molecule has 100 valence electrons. The lowest BCUT2D eigenvalue weighted by Gasteiger charge is -2.12. The van der Waals surface area contributed by atoms with Crippen LogP contribution in [0.2, 0.25) is 0 Å². The summed E-state index contributed by atoms with van der Waals surface area (Å²) < 4.78 is 27.8. The molecule has 0 spiro atoms. The van der Waals surface area contributed by atoms with Gasteiger partial charge in [0.05, 0.1) is 17.2 Å². The molecule has 0 heterocycles. The van der Waals surface area contributed by atoms with Gasteiger partial charge in [0.25, 0.3) is 0 Å². The van der Waals surface area contributed by atoms with Crippen LogP contribution in [-0.4, -0.2) is 20.9 Å². The third-order valence-electron chi connectivity index (χ3n) is 2.17. The highest BCUT2D eigenvalue weighted by atomic mass is 32.2. The first-order valence-electron chi connectivity index (χ1n) is 5.48. The number of nitrogens with two attached hydrogens (primary N) is 1. The Balaban J connectivity index is 3.19. The minimum atomic E-state index is -3.81. The van der Waals surface area contributed by atoms with Gasteiger partial charge in [0, 0.05) is 6.42 Å². The summed E-state index contributed by atoms with van der Waals surface area (Å²) in [5.74, 6) is 0.175. The van der Waals surface area contributed by atoms with E-state index in [1.54, 1.807) is 13.8 Å². The first-order valence-corrected chi connectivity index (χ1v) is 7.02. The number of benzene rings is 1. The average Bonchev–Trinajstić information content (AvgIpc) is 2.30. The van der Waals surface area contributed by atoms with Crippen molar-refractivity contribution in [3.05, 3.63) is 18.2 Å². The minimum Gasteiger partial charge on any atom is -0.492 e. The zero-order valence-corrected chi connectivity index (χ0v) is 11.1. The maximum atomic E-state index is 11.4. The second-order valence-corrected chi connectivity index (χ2v) is 5.10. The number of nitrogens with one attached hydrogen (secondary N) is 1. The van der Waals surface area contributed by atoms with Crippen molar-refractivity contribution in [2.45, 2.75) is 25.2 Å². The van der Waals surface area contributed by atoms with Crippen molar-refractivity contribution < 1.29 is 17.9 Å². The van der Waals surface area contributed by atoms with Gasteiger partial charge in [-0.3, -0.25) is 4.79 Å². The van der Waals surface area contributed by atoms with E-state index < -0.39 is 10.0 Å². The number of sulfonamides is 1. The molecule has 7 heteroatoms. The first kappa shape index (κ1) is 14.5. The molecule has 0 saturated carbocycles. The molecule has 0 aliphatic rings. The van der Waals surface area contributed by atoms with Gasteiger partial charge in [0.2, 0.25) is 15.9 Å². The lowest BCUT2D eigenvalue weighted by Crippen LogP contribution is -2.15. The van der Waals surface area contributed by atoms with Gasteiger partial charge >= 0.3 is 0 Å². The van der Waals surface area contributed by atoms with Crippen LogP contribution in [0.1, 0.15) is 20.3 Å². The number of rotatable bonds is 5. The van der Waals surface area contributed by atoms with Crippen molar-refractivity contribution in [2.75, 3.05) is 11.9 Å². The number of ether oxygens (including phenoxy) is 1. The van der Waals surface area contributed by atoms with Gasteiger partial charge in [-0.15, -0.1) is 0 Å². The maximum absolute atomic E-state index is 11.4. The molecular weight excluding hydrogens is 256 g/mol. The number of amides is 1. The Morgan fingerprint density at radius 1 is 1.39 bits per heavy atom. The van der Waals surface area contributed by atoms with Gasteiger partial charge in [-0.2, -0.15) is 0 Å². The second kappa shape index (κ2) is 5.83. The normalized spacial score (nSPS) is 11.1. The van der Waals surface area contributed by atoms with Gasteiger partial charge in [0.15, 0.2) is 0 Å². The van der Waals surface area contributed by atoms with Crippen molar-refractivity contribution >= 4 is 21.6 Å². The zero-order chi connectivity index (χ0) is 13.8. The van der Waals surface area contributed by atoms with Crippen LogP contribution in [-0.2, 0) is 14.8 Å². The number of primary sulfonamides is 1. The fourth-order valence-electron chi connectivity index (χ4n) is 1.30. The summed E-state index contributed by atoms with van der Waals surface area (Å²) in [4.78, 5) is 11.3. The molecule has 3 N–H and O–H groups in total. The molecule has 0 fully saturated rings. The van der Waals surface area contributed by atoms with Crippen LogP contribution in [0.5, 0.6) is 5.75 Å². The van der Waals surface area contributed by atoms with Crippen LogP contribution in [0.25, 0.3) is 0 Å². The Kier molecular flexibility index (Phi) is 4.69. The van der Waals surface area contributed by atoms with Crippen molar-refractivity contribution in [3.8, 4) is 5.75 Å². The molecule has 0 bridgehead atoms. The van der Waals surface area contributed by atoms with E-state index in [-0.39, 0.29) is 17.2 Å². The lowest BCUT2D eigenvalue weighted by atomic mass is 10.3. The molecule has 0 unspecified atom stereocenters. The molecule has 0 aliphatic carbocycles. The summed E-state index contributed by atoms with van der Waals surface area (Å²) in [5, 5.41) is 7.61. The van der Waals surface area contributed by atoms with Crippen molar-refractivity contribution in [2.24, 2.45) is 5.14 Å². The van der Waals surface area contributed by atoms with Gasteiger partial charge in [-0.05, 0) is 25.1 Å². The molecule has 0 radical (unpaired) electrons. The molecule has 1 amide bonds. The summed E-state index contributed by atoms with van der Waals surface area (Å²) in [7, 11) is -3.81. The number of carbonyl (C=O) groups excluding carboxylic acids is 1. The predicted octanol–water partition coefficient (Wildman–Crippen LogP) is 1.08. The molecule has 1 aromatic carbocycles. The molecule has 0 atom stereocenters. The fraction of sp³-hybridized carbons (Fsp3) is 0.364. The molecule has 0 aromatic heterocycles. The van der Waals surface area contributed by atoms with Gasteiger partial charge in [-0.25, -0.2) is 13.6 Å². The van der Waals surface area contributed by atoms with Gasteiger partial charge < -0.3 is 10.1 Å². The van der Waals surface area contributed by atoms with Crippen LogP contribution >= 0.6 is 0 Å². The van der Waals surface area contributed by atoms with Crippen LogP contribution in [0.3, 0.4) is 0 Å². The van der Waals surface area contributed by atoms with E-state index in [2.05, 4.69) is 5.32 Å². The van der Waals surface area contributed by atoms with Crippen molar-refractivity contribution in [3.63, 3.8) is 0 Å². The number of hydrogen-bond donors (Lipinski definition) is 2. The Hall–Kier alpha value is -1.60. The fourth-order valence-corrected chi connectivity index (χ4v) is 1.84. The van der Waals surface area contributed by atoms with Crippen molar-refractivity contribution in [1.29, 1.82) is 0 Å². The Morgan fingerprint density at radius 3 is 2.56 bits per heavy atom. The second-order valence-electron chi connectivity index (χ2n) is 3.54. The third-order valence-corrected chi connectivity index (χ3v) is 3.09. The van der Waals surface area contributed by atoms with Crippen LogP contribution in [0.15, 0.2) is 23.1 Å². The zero-order valence-electron chi connectivity index (χ0n) is 10.3. The average molecular weight is 272 g/mol. The number of carbonyl (C=O) groups is 1. The summed E-state index contributed by atoms with van der Waals surface area (Å²) in [5.41, 5.74) is 0.301. The van der Waals surface area contributed by atoms with E-state index in [0.29, 0.717) is 18.0 Å². The molecule has 6 nitrogen and oxygen atoms in total. The van der Waals surface area contributed by atoms with E-state index >= 15 is 0 Å². The first-order chi connectivity index (χ1) is 8.38. The smallest absolute Gasteiger partial charge is 0.238 e. The van der Waals surface area contributed by atoms with E-state index in [9.17, 15) is 13.2 Å². The quantitative estimate of drug-likeness (QED) is 0.837. The van der Waals surface area contributed by atoms with E-state index in [1.807, 2.05) is 0 Å². The minimum absolute atomic E-state index is 0.0719. The SMILES string of the molecule is CCOc1ccc(S(N)(=O)=O)cc1NC(=O)CC. The molecule has 1 aromatic rings. The standard InChI is InChI=1S/C11H16N2O4S/c1-3-11(14)13-9-7-8(18(12,15)16)5-6-10(9)17-4-2/h5-7H,3-4H2,1-2H3,(H,13,14)(H2,12,15,16). The van der Waals surface area contributed by atoms with Crippen LogP contribution in [0.4, 0.5) is 5.69 Å². The largest absolute Gasteiger partial charge is 0.492 e. The summed E-state index contributed by atoms with van der Waals surface area (Å²) in [6.45, 7) is 3.89. The Labute approximate surface area is 106 Å². The molecule has 18 heavy (non-hydrogen) atoms. The summed E-state index contributed by atoms with van der Waals surface area (Å²) >= 11 is 0. The summed E-state index contributed by atoms with van der Waals surface area (Å²) in [6.07, 6.45) is 0.283. The summed E-state index contributed by atoms with van der Waals surface area (Å²) in [6, 6.07) is 4.09. The number of hydrogen-bond acceptors (Lipinski definition) is 4. The highest BCUT2D eigenvalue weighted by Crippen LogP contribution is 2.27. The Morgan fingerprint density at radius 2 is 2.06 bits per heavy atom.